The molecule has 0 aliphatic heterocycles. The molecule has 2 rings (SSSR count). The van der Waals surface area contributed by atoms with Gasteiger partial charge in [-0.05, 0) is 43.4 Å². The highest BCUT2D eigenvalue weighted by molar-refractivity contribution is 5.81. The van der Waals surface area contributed by atoms with Gasteiger partial charge < -0.3 is 9.84 Å². The Kier molecular flexibility index (Phi) is 6.70. The van der Waals surface area contributed by atoms with Crippen molar-refractivity contribution in [3.05, 3.63) is 0 Å². The van der Waals surface area contributed by atoms with E-state index in [4.69, 9.17) is 4.74 Å². The van der Waals surface area contributed by atoms with Gasteiger partial charge in [-0.2, -0.15) is 0 Å². The van der Waals surface area contributed by atoms with Crippen molar-refractivity contribution < 1.29 is 19.4 Å². The van der Waals surface area contributed by atoms with E-state index >= 15 is 0 Å². The van der Waals surface area contributed by atoms with Crippen LogP contribution in [-0.4, -0.2) is 23.1 Å². The molecule has 24 heavy (non-hydrogen) atoms. The number of aliphatic carboxylic acids is 1. The monoisotopic (exact) mass is 338 g/mol. The summed E-state index contributed by atoms with van der Waals surface area (Å²) in [6.07, 6.45) is 9.83. The van der Waals surface area contributed by atoms with Crippen molar-refractivity contribution in [3.63, 3.8) is 0 Å². The molecule has 2 fully saturated rings. The zero-order valence-corrected chi connectivity index (χ0v) is 15.6. The molecule has 2 saturated carbocycles. The average Bonchev–Trinajstić information content (AvgIpc) is 2.53. The average molecular weight is 338 g/mol. The number of carbonyl (C=O) groups is 2. The van der Waals surface area contributed by atoms with Gasteiger partial charge in [0.1, 0.15) is 6.10 Å². The number of esters is 1. The van der Waals surface area contributed by atoms with Gasteiger partial charge in [0, 0.05) is 0 Å². The molecule has 0 saturated heterocycles. The number of carboxylic acids is 1. The van der Waals surface area contributed by atoms with Crippen LogP contribution in [0.3, 0.4) is 0 Å². The molecule has 0 aromatic carbocycles. The smallest absolute Gasteiger partial charge is 0.310 e. The minimum atomic E-state index is -0.846. The molecular weight excluding hydrogens is 304 g/mol. The van der Waals surface area contributed by atoms with Crippen LogP contribution in [0.1, 0.15) is 85.0 Å². The summed E-state index contributed by atoms with van der Waals surface area (Å²) in [5.74, 6) is -1.69. The zero-order valence-electron chi connectivity index (χ0n) is 15.6. The fraction of sp³-hybridized carbons (Fsp3) is 0.900. The van der Waals surface area contributed by atoms with Gasteiger partial charge >= 0.3 is 11.9 Å². The van der Waals surface area contributed by atoms with Gasteiger partial charge in [0.15, 0.2) is 0 Å². The summed E-state index contributed by atoms with van der Waals surface area (Å²) < 4.78 is 5.98. The van der Waals surface area contributed by atoms with Crippen LogP contribution in [0.4, 0.5) is 0 Å². The summed E-state index contributed by atoms with van der Waals surface area (Å²) in [4.78, 5) is 24.2. The van der Waals surface area contributed by atoms with Crippen LogP contribution in [0.2, 0.25) is 0 Å². The normalized spacial score (nSPS) is 27.5. The molecule has 4 nitrogen and oxygen atoms in total. The molecule has 138 valence electrons. The number of carboxylic acid groups (broad SMARTS) is 1. The van der Waals surface area contributed by atoms with Crippen molar-refractivity contribution in [3.8, 4) is 0 Å². The molecule has 0 aromatic rings. The van der Waals surface area contributed by atoms with Gasteiger partial charge in [0.2, 0.25) is 0 Å². The highest BCUT2D eigenvalue weighted by atomic mass is 16.5. The van der Waals surface area contributed by atoms with Crippen LogP contribution in [0.25, 0.3) is 0 Å². The molecule has 3 atom stereocenters. The molecule has 0 radical (unpaired) electrons. The summed E-state index contributed by atoms with van der Waals surface area (Å²) in [7, 11) is 0. The molecule has 0 amide bonds. The Morgan fingerprint density at radius 1 is 0.958 bits per heavy atom. The fourth-order valence-electron chi connectivity index (χ4n) is 4.36. The summed E-state index contributed by atoms with van der Waals surface area (Å²) >= 11 is 0. The second-order valence-corrected chi connectivity index (χ2v) is 8.97. The van der Waals surface area contributed by atoms with Crippen LogP contribution in [0, 0.1) is 23.2 Å². The summed E-state index contributed by atoms with van der Waals surface area (Å²) in [5, 5.41) is 9.42. The van der Waals surface area contributed by atoms with Gasteiger partial charge in [0.25, 0.3) is 0 Å². The second-order valence-electron chi connectivity index (χ2n) is 8.97. The van der Waals surface area contributed by atoms with E-state index in [1.165, 1.54) is 19.3 Å². The first-order valence-electron chi connectivity index (χ1n) is 9.71. The van der Waals surface area contributed by atoms with Crippen LogP contribution < -0.4 is 0 Å². The van der Waals surface area contributed by atoms with Gasteiger partial charge in [-0.1, -0.05) is 52.9 Å². The van der Waals surface area contributed by atoms with Crippen molar-refractivity contribution in [2.24, 2.45) is 23.2 Å². The van der Waals surface area contributed by atoms with Crippen LogP contribution >= 0.6 is 0 Å². The Hall–Kier alpha value is -1.06. The van der Waals surface area contributed by atoms with Gasteiger partial charge in [-0.25, -0.2) is 0 Å². The predicted molar refractivity (Wildman–Crippen MR) is 93.6 cm³/mol. The van der Waals surface area contributed by atoms with Crippen molar-refractivity contribution in [2.45, 2.75) is 91.1 Å². The minimum absolute atomic E-state index is 0.0610. The Morgan fingerprint density at radius 3 is 2.04 bits per heavy atom. The number of hydrogen-bond donors (Lipinski definition) is 1. The molecular formula is C20H34O4. The number of hydrogen-bond acceptors (Lipinski definition) is 3. The molecule has 0 aromatic heterocycles. The van der Waals surface area contributed by atoms with E-state index in [0.29, 0.717) is 18.8 Å². The molecule has 0 spiro atoms. The van der Waals surface area contributed by atoms with Gasteiger partial charge in [-0.15, -0.1) is 0 Å². The first-order valence-corrected chi connectivity index (χ1v) is 9.71. The largest absolute Gasteiger partial charge is 0.481 e. The Bertz CT molecular complexity index is 431. The third-order valence-electron chi connectivity index (χ3n) is 5.64. The van der Waals surface area contributed by atoms with Crippen LogP contribution in [0.5, 0.6) is 0 Å². The Labute approximate surface area is 146 Å². The first-order chi connectivity index (χ1) is 11.3. The van der Waals surface area contributed by atoms with Crippen molar-refractivity contribution in [2.75, 3.05) is 0 Å². The SMILES string of the molecule is CC(C)(C)CC(OC(=O)C1CCCCC1C(=O)O)C1CCCCC1. The fourth-order valence-corrected chi connectivity index (χ4v) is 4.36. The third-order valence-corrected chi connectivity index (χ3v) is 5.64. The zero-order chi connectivity index (χ0) is 17.7. The molecule has 3 unspecified atom stereocenters. The topological polar surface area (TPSA) is 63.6 Å². The Balaban J connectivity index is 2.06. The lowest BCUT2D eigenvalue weighted by Gasteiger charge is -2.36. The standard InChI is InChI=1S/C20H34O4/c1-20(2,3)13-17(14-9-5-4-6-10-14)24-19(23)16-12-8-7-11-15(16)18(21)22/h14-17H,4-13H2,1-3H3,(H,21,22). The maximum Gasteiger partial charge on any atom is 0.310 e. The van der Waals surface area contributed by atoms with E-state index in [1.54, 1.807) is 0 Å². The minimum Gasteiger partial charge on any atom is -0.481 e. The van der Waals surface area contributed by atoms with E-state index in [0.717, 1.165) is 32.1 Å². The van der Waals surface area contributed by atoms with E-state index in [2.05, 4.69) is 20.8 Å². The maximum absolute atomic E-state index is 12.8. The van der Waals surface area contributed by atoms with Crippen molar-refractivity contribution in [1.29, 1.82) is 0 Å². The van der Waals surface area contributed by atoms with Crippen LogP contribution in [-0.2, 0) is 14.3 Å². The summed E-state index contributed by atoms with van der Waals surface area (Å²) in [5.41, 5.74) is 0.0984. The summed E-state index contributed by atoms with van der Waals surface area (Å²) in [6, 6.07) is 0. The molecule has 2 aliphatic carbocycles. The predicted octanol–water partition coefficient (Wildman–Crippen LogP) is 4.81. The Morgan fingerprint density at radius 2 is 1.50 bits per heavy atom. The molecule has 0 heterocycles. The molecule has 4 heteroatoms. The lowest BCUT2D eigenvalue weighted by atomic mass is 9.77. The van der Waals surface area contributed by atoms with Crippen LogP contribution in [0.15, 0.2) is 0 Å². The highest BCUT2D eigenvalue weighted by Crippen LogP contribution is 2.37. The summed E-state index contributed by atoms with van der Waals surface area (Å²) in [6.45, 7) is 6.53. The van der Waals surface area contributed by atoms with E-state index in [-0.39, 0.29) is 17.5 Å². The molecule has 0 bridgehead atoms. The second kappa shape index (κ2) is 8.35. The lowest BCUT2D eigenvalue weighted by molar-refractivity contribution is -0.167. The number of rotatable bonds is 5. The van der Waals surface area contributed by atoms with E-state index in [9.17, 15) is 14.7 Å². The molecule has 2 aliphatic rings. The quantitative estimate of drug-likeness (QED) is 0.731. The van der Waals surface area contributed by atoms with E-state index < -0.39 is 17.8 Å². The third kappa shape index (κ3) is 5.49. The highest BCUT2D eigenvalue weighted by Gasteiger charge is 2.39. The maximum atomic E-state index is 12.8. The molecule has 1 N–H and O–H groups in total. The van der Waals surface area contributed by atoms with Crippen molar-refractivity contribution in [1.82, 2.24) is 0 Å². The van der Waals surface area contributed by atoms with Crippen molar-refractivity contribution >= 4 is 11.9 Å². The first kappa shape index (κ1) is 19.3. The lowest BCUT2D eigenvalue weighted by Crippen LogP contribution is -2.39. The van der Waals surface area contributed by atoms with Gasteiger partial charge in [-0.3, -0.25) is 9.59 Å². The van der Waals surface area contributed by atoms with E-state index in [1.807, 2.05) is 0 Å². The number of carbonyl (C=O) groups excluding carboxylic acids is 1. The number of ether oxygens (including phenoxy) is 1. The van der Waals surface area contributed by atoms with Gasteiger partial charge in [0.05, 0.1) is 11.8 Å².